The molecule has 0 aromatic carbocycles. The van der Waals surface area contributed by atoms with Crippen LogP contribution in [0.2, 0.25) is 0 Å². The molecule has 0 aromatic rings. The van der Waals surface area contributed by atoms with E-state index >= 15 is 0 Å². The lowest BCUT2D eigenvalue weighted by Gasteiger charge is -2.37. The molecule has 1 aliphatic heterocycles. The van der Waals surface area contributed by atoms with Gasteiger partial charge in [-0.3, -0.25) is 4.79 Å². The standard InChI is InChI=1S/C11H20O7/c1-2-3-4-7(12)17-5-6-8(13)9(14)10(15)11(16)18-6/h6,8-11,13-16H,2-5H2,1H3/t6-,8-,9+,10-,11-/m1/s1. The Balaban J connectivity index is 2.39. The second kappa shape index (κ2) is 7.01. The first-order valence-electron chi connectivity index (χ1n) is 6.00. The molecule has 4 N–H and O–H groups in total. The Morgan fingerprint density at radius 2 is 1.83 bits per heavy atom. The Morgan fingerprint density at radius 1 is 1.17 bits per heavy atom. The third-order valence-corrected chi connectivity index (χ3v) is 2.83. The molecule has 1 fully saturated rings. The highest BCUT2D eigenvalue weighted by molar-refractivity contribution is 5.69. The number of esters is 1. The van der Waals surface area contributed by atoms with Crippen LogP contribution in [-0.2, 0) is 14.3 Å². The first kappa shape index (κ1) is 15.3. The highest BCUT2D eigenvalue weighted by atomic mass is 16.6. The number of aliphatic hydroxyl groups is 4. The van der Waals surface area contributed by atoms with Crippen molar-refractivity contribution in [2.45, 2.75) is 56.9 Å². The topological polar surface area (TPSA) is 116 Å². The number of rotatable bonds is 5. The molecule has 1 rings (SSSR count). The van der Waals surface area contributed by atoms with E-state index in [0.29, 0.717) is 6.42 Å². The molecular formula is C11H20O7. The van der Waals surface area contributed by atoms with Crippen molar-refractivity contribution in [3.63, 3.8) is 0 Å². The summed E-state index contributed by atoms with van der Waals surface area (Å²) in [7, 11) is 0. The van der Waals surface area contributed by atoms with Crippen LogP contribution in [0, 0.1) is 0 Å². The van der Waals surface area contributed by atoms with Crippen molar-refractivity contribution < 1.29 is 34.7 Å². The van der Waals surface area contributed by atoms with Gasteiger partial charge in [-0.05, 0) is 6.42 Å². The van der Waals surface area contributed by atoms with E-state index in [9.17, 15) is 25.2 Å². The summed E-state index contributed by atoms with van der Waals surface area (Å²) in [6, 6.07) is 0. The van der Waals surface area contributed by atoms with Gasteiger partial charge in [-0.15, -0.1) is 0 Å². The average molecular weight is 264 g/mol. The molecule has 106 valence electrons. The molecule has 0 saturated carbocycles. The Morgan fingerprint density at radius 3 is 2.44 bits per heavy atom. The Bertz CT molecular complexity index is 270. The van der Waals surface area contributed by atoms with Gasteiger partial charge in [-0.2, -0.15) is 0 Å². The van der Waals surface area contributed by atoms with Gasteiger partial charge in [0.15, 0.2) is 6.29 Å². The zero-order chi connectivity index (χ0) is 13.7. The van der Waals surface area contributed by atoms with Gasteiger partial charge in [0.05, 0.1) is 0 Å². The third-order valence-electron chi connectivity index (χ3n) is 2.83. The van der Waals surface area contributed by atoms with E-state index in [2.05, 4.69) is 0 Å². The monoisotopic (exact) mass is 264 g/mol. The van der Waals surface area contributed by atoms with Gasteiger partial charge in [0.2, 0.25) is 0 Å². The maximum atomic E-state index is 11.2. The number of hydrogen-bond donors (Lipinski definition) is 4. The second-order valence-corrected chi connectivity index (χ2v) is 4.32. The Kier molecular flexibility index (Phi) is 5.97. The van der Waals surface area contributed by atoms with Gasteiger partial charge in [0, 0.05) is 6.42 Å². The third kappa shape index (κ3) is 3.89. The molecule has 0 aliphatic carbocycles. The van der Waals surface area contributed by atoms with Gasteiger partial charge >= 0.3 is 5.97 Å². The van der Waals surface area contributed by atoms with Gasteiger partial charge in [0.25, 0.3) is 0 Å². The number of carbonyl (C=O) groups is 1. The van der Waals surface area contributed by atoms with E-state index in [4.69, 9.17) is 9.47 Å². The van der Waals surface area contributed by atoms with E-state index in [0.717, 1.165) is 6.42 Å². The fraction of sp³-hybridized carbons (Fsp3) is 0.909. The lowest BCUT2D eigenvalue weighted by molar-refractivity contribution is -0.287. The molecule has 18 heavy (non-hydrogen) atoms. The van der Waals surface area contributed by atoms with Crippen molar-refractivity contribution in [2.24, 2.45) is 0 Å². The van der Waals surface area contributed by atoms with Crippen LogP contribution in [0.25, 0.3) is 0 Å². The lowest BCUT2D eigenvalue weighted by Crippen LogP contribution is -2.58. The summed E-state index contributed by atoms with van der Waals surface area (Å²) in [5, 5.41) is 37.5. The number of unbranched alkanes of at least 4 members (excludes halogenated alkanes) is 1. The maximum Gasteiger partial charge on any atom is 0.305 e. The van der Waals surface area contributed by atoms with Gasteiger partial charge in [-0.25, -0.2) is 0 Å². The van der Waals surface area contributed by atoms with Gasteiger partial charge in [0.1, 0.15) is 31.0 Å². The minimum Gasteiger partial charge on any atom is -0.463 e. The van der Waals surface area contributed by atoms with Gasteiger partial charge in [-0.1, -0.05) is 13.3 Å². The first-order valence-corrected chi connectivity index (χ1v) is 6.00. The maximum absolute atomic E-state index is 11.2. The highest BCUT2D eigenvalue weighted by Crippen LogP contribution is 2.20. The van der Waals surface area contributed by atoms with E-state index in [1.165, 1.54) is 0 Å². The molecular weight excluding hydrogens is 244 g/mol. The fourth-order valence-electron chi connectivity index (χ4n) is 1.64. The van der Waals surface area contributed by atoms with Crippen molar-refractivity contribution in [2.75, 3.05) is 6.61 Å². The van der Waals surface area contributed by atoms with E-state index in [-0.39, 0.29) is 13.0 Å². The first-order chi connectivity index (χ1) is 8.47. The minimum atomic E-state index is -1.61. The molecule has 5 atom stereocenters. The Hall–Kier alpha value is -0.730. The normalized spacial score (nSPS) is 36.4. The Labute approximate surface area is 105 Å². The summed E-state index contributed by atoms with van der Waals surface area (Å²) < 4.78 is 9.71. The van der Waals surface area contributed by atoms with Crippen LogP contribution in [-0.4, -0.2) is 63.7 Å². The van der Waals surface area contributed by atoms with Crippen LogP contribution in [0.3, 0.4) is 0 Å². The van der Waals surface area contributed by atoms with Crippen LogP contribution in [0.1, 0.15) is 26.2 Å². The molecule has 0 unspecified atom stereocenters. The van der Waals surface area contributed by atoms with Crippen molar-refractivity contribution in [1.29, 1.82) is 0 Å². The minimum absolute atomic E-state index is 0.271. The van der Waals surface area contributed by atoms with Crippen molar-refractivity contribution in [3.05, 3.63) is 0 Å². The quantitative estimate of drug-likeness (QED) is 0.447. The number of carbonyl (C=O) groups excluding carboxylic acids is 1. The summed E-state index contributed by atoms with van der Waals surface area (Å²) in [4.78, 5) is 11.2. The van der Waals surface area contributed by atoms with E-state index < -0.39 is 36.7 Å². The molecule has 0 aromatic heterocycles. The zero-order valence-corrected chi connectivity index (χ0v) is 10.2. The van der Waals surface area contributed by atoms with Crippen LogP contribution in [0.15, 0.2) is 0 Å². The zero-order valence-electron chi connectivity index (χ0n) is 10.2. The van der Waals surface area contributed by atoms with Crippen LogP contribution < -0.4 is 0 Å². The highest BCUT2D eigenvalue weighted by Gasteiger charge is 2.43. The van der Waals surface area contributed by atoms with Crippen molar-refractivity contribution >= 4 is 5.97 Å². The summed E-state index contributed by atoms with van der Waals surface area (Å²) in [6.07, 6.45) is -5.35. The largest absolute Gasteiger partial charge is 0.463 e. The number of hydrogen-bond acceptors (Lipinski definition) is 7. The van der Waals surface area contributed by atoms with Crippen molar-refractivity contribution in [3.8, 4) is 0 Å². The number of aliphatic hydroxyl groups excluding tert-OH is 4. The molecule has 0 amide bonds. The molecule has 7 heteroatoms. The summed E-state index contributed by atoms with van der Waals surface area (Å²) in [6.45, 7) is 1.67. The van der Waals surface area contributed by atoms with Crippen molar-refractivity contribution in [1.82, 2.24) is 0 Å². The predicted molar refractivity (Wildman–Crippen MR) is 59.4 cm³/mol. The molecule has 0 spiro atoms. The molecule has 7 nitrogen and oxygen atoms in total. The van der Waals surface area contributed by atoms with E-state index in [1.54, 1.807) is 0 Å². The van der Waals surface area contributed by atoms with Crippen LogP contribution in [0.5, 0.6) is 0 Å². The molecule has 1 saturated heterocycles. The molecule has 0 bridgehead atoms. The SMILES string of the molecule is CCCCC(=O)OC[C@H]1O[C@@H](O)[C@H](O)[C@@H](O)[C@@H]1O. The average Bonchev–Trinajstić information content (AvgIpc) is 2.36. The van der Waals surface area contributed by atoms with Gasteiger partial charge < -0.3 is 29.9 Å². The molecule has 1 heterocycles. The number of ether oxygens (including phenoxy) is 2. The fourth-order valence-corrected chi connectivity index (χ4v) is 1.64. The summed E-state index contributed by atoms with van der Waals surface area (Å²) in [5.74, 6) is -0.428. The molecule has 1 aliphatic rings. The smallest absolute Gasteiger partial charge is 0.305 e. The second-order valence-electron chi connectivity index (χ2n) is 4.32. The van der Waals surface area contributed by atoms with Crippen LogP contribution in [0.4, 0.5) is 0 Å². The summed E-state index contributed by atoms with van der Waals surface area (Å²) in [5.41, 5.74) is 0. The predicted octanol–water partition coefficient (Wildman–Crippen LogP) is -1.48. The van der Waals surface area contributed by atoms with E-state index in [1.807, 2.05) is 6.92 Å². The molecule has 0 radical (unpaired) electrons. The van der Waals surface area contributed by atoms with Crippen LogP contribution >= 0.6 is 0 Å². The lowest BCUT2D eigenvalue weighted by atomic mass is 9.99. The summed E-state index contributed by atoms with van der Waals surface area (Å²) >= 11 is 0.